The minimum atomic E-state index is -3.58. The zero-order valence-electron chi connectivity index (χ0n) is 14.5. The number of sulfonamides is 1. The Bertz CT molecular complexity index is 1080. The van der Waals surface area contributed by atoms with Gasteiger partial charge in [0.05, 0.1) is 10.6 Å². The number of halogens is 1. The number of amides is 1. The van der Waals surface area contributed by atoms with Gasteiger partial charge in [0, 0.05) is 31.0 Å². The molecule has 27 heavy (non-hydrogen) atoms. The lowest BCUT2D eigenvalue weighted by atomic mass is 10.3. The van der Waals surface area contributed by atoms with Crippen LogP contribution in [0, 0.1) is 0 Å². The van der Waals surface area contributed by atoms with Crippen molar-refractivity contribution in [2.75, 3.05) is 25.2 Å². The molecule has 0 unspecified atom stereocenters. The van der Waals surface area contributed by atoms with Gasteiger partial charge < -0.3 is 5.32 Å². The highest BCUT2D eigenvalue weighted by atomic mass is 35.5. The number of benzene rings is 1. The average Bonchev–Trinajstić information content (AvgIpc) is 3.04. The van der Waals surface area contributed by atoms with Gasteiger partial charge in [0.2, 0.25) is 15.9 Å². The van der Waals surface area contributed by atoms with Crippen LogP contribution in [0.1, 0.15) is 0 Å². The van der Waals surface area contributed by atoms with Crippen molar-refractivity contribution in [3.63, 3.8) is 0 Å². The van der Waals surface area contributed by atoms with Gasteiger partial charge in [-0.25, -0.2) is 12.7 Å². The zero-order chi connectivity index (χ0) is 19.6. The van der Waals surface area contributed by atoms with Gasteiger partial charge >= 0.3 is 0 Å². The molecule has 3 aromatic rings. The maximum Gasteiger partial charge on any atom is 0.244 e. The molecule has 2 aromatic heterocycles. The van der Waals surface area contributed by atoms with Gasteiger partial charge in [-0.15, -0.1) is 10.2 Å². The molecule has 0 atom stereocenters. The third-order valence-corrected chi connectivity index (χ3v) is 6.58. The number of fused-ring (bicyclic) bond motifs is 1. The van der Waals surface area contributed by atoms with Crippen molar-refractivity contribution in [2.45, 2.75) is 10.1 Å². The predicted molar refractivity (Wildman–Crippen MR) is 105 cm³/mol. The van der Waals surface area contributed by atoms with E-state index in [2.05, 4.69) is 15.5 Å². The SMILES string of the molecule is CN(C)S(=O)(=O)c1ccc2nnc(SCC(=O)Nc3ccc(Cl)cc3)n2c1. The quantitative estimate of drug-likeness (QED) is 0.609. The Kier molecular flexibility index (Phi) is 5.70. The van der Waals surface area contributed by atoms with E-state index in [9.17, 15) is 13.2 Å². The highest BCUT2D eigenvalue weighted by Gasteiger charge is 2.19. The van der Waals surface area contributed by atoms with Crippen molar-refractivity contribution in [3.8, 4) is 0 Å². The number of nitrogens with zero attached hydrogens (tertiary/aromatic N) is 4. The van der Waals surface area contributed by atoms with E-state index in [0.717, 1.165) is 16.1 Å². The number of aromatic nitrogens is 3. The maximum absolute atomic E-state index is 12.3. The Hall–Kier alpha value is -2.14. The third-order valence-electron chi connectivity index (χ3n) is 3.58. The highest BCUT2D eigenvalue weighted by molar-refractivity contribution is 7.99. The van der Waals surface area contributed by atoms with Gasteiger partial charge in [-0.2, -0.15) is 0 Å². The van der Waals surface area contributed by atoms with E-state index in [1.54, 1.807) is 34.7 Å². The topological polar surface area (TPSA) is 96.7 Å². The van der Waals surface area contributed by atoms with Crippen LogP contribution in [-0.4, -0.2) is 53.1 Å². The summed E-state index contributed by atoms with van der Waals surface area (Å²) in [5, 5.41) is 11.8. The van der Waals surface area contributed by atoms with Crippen molar-refractivity contribution in [1.82, 2.24) is 18.9 Å². The van der Waals surface area contributed by atoms with Gasteiger partial charge in [0.1, 0.15) is 0 Å². The second kappa shape index (κ2) is 7.85. The fourth-order valence-corrected chi connectivity index (χ4v) is 3.91. The van der Waals surface area contributed by atoms with E-state index >= 15 is 0 Å². The number of carbonyl (C=O) groups excluding carboxylic acids is 1. The van der Waals surface area contributed by atoms with Gasteiger partial charge in [0.25, 0.3) is 0 Å². The molecule has 11 heteroatoms. The molecule has 0 aliphatic heterocycles. The molecule has 3 rings (SSSR count). The minimum absolute atomic E-state index is 0.0913. The first-order chi connectivity index (χ1) is 12.8. The van der Waals surface area contributed by atoms with Crippen molar-refractivity contribution < 1.29 is 13.2 Å². The van der Waals surface area contributed by atoms with E-state index in [1.807, 2.05) is 0 Å². The lowest BCUT2D eigenvalue weighted by Gasteiger charge is -2.11. The smallest absolute Gasteiger partial charge is 0.244 e. The largest absolute Gasteiger partial charge is 0.325 e. The molecule has 0 aliphatic carbocycles. The minimum Gasteiger partial charge on any atom is -0.325 e. The zero-order valence-corrected chi connectivity index (χ0v) is 16.8. The number of hydrogen-bond acceptors (Lipinski definition) is 6. The molecule has 0 bridgehead atoms. The molecule has 142 valence electrons. The van der Waals surface area contributed by atoms with Crippen LogP contribution in [-0.2, 0) is 14.8 Å². The second-order valence-electron chi connectivity index (χ2n) is 5.71. The Morgan fingerprint density at radius 2 is 1.89 bits per heavy atom. The summed E-state index contributed by atoms with van der Waals surface area (Å²) in [7, 11) is -0.659. The third kappa shape index (κ3) is 4.41. The number of nitrogens with one attached hydrogen (secondary N) is 1. The van der Waals surface area contributed by atoms with Crippen molar-refractivity contribution in [2.24, 2.45) is 0 Å². The average molecular weight is 426 g/mol. The molecule has 0 aliphatic rings. The first kappa shape index (κ1) is 19.6. The fourth-order valence-electron chi connectivity index (χ4n) is 2.17. The van der Waals surface area contributed by atoms with Crippen molar-refractivity contribution in [1.29, 1.82) is 0 Å². The molecule has 1 aromatic carbocycles. The fraction of sp³-hybridized carbons (Fsp3) is 0.188. The summed E-state index contributed by atoms with van der Waals surface area (Å²) >= 11 is 6.97. The molecule has 2 heterocycles. The summed E-state index contributed by atoms with van der Waals surface area (Å²) in [4.78, 5) is 12.2. The monoisotopic (exact) mass is 425 g/mol. The van der Waals surface area contributed by atoms with Crippen LogP contribution in [0.5, 0.6) is 0 Å². The summed E-state index contributed by atoms with van der Waals surface area (Å²) in [6, 6.07) is 9.82. The Morgan fingerprint density at radius 3 is 2.56 bits per heavy atom. The lowest BCUT2D eigenvalue weighted by molar-refractivity contribution is -0.113. The van der Waals surface area contributed by atoms with E-state index < -0.39 is 10.0 Å². The van der Waals surface area contributed by atoms with Gasteiger partial charge in [-0.05, 0) is 36.4 Å². The van der Waals surface area contributed by atoms with Crippen LogP contribution in [0.4, 0.5) is 5.69 Å². The number of carbonyl (C=O) groups is 1. The van der Waals surface area contributed by atoms with Crippen LogP contribution in [0.25, 0.3) is 5.65 Å². The Labute approximate surface area is 165 Å². The van der Waals surface area contributed by atoms with Gasteiger partial charge in [0.15, 0.2) is 10.8 Å². The van der Waals surface area contributed by atoms with E-state index in [1.165, 1.54) is 26.4 Å². The molecule has 1 N–H and O–H groups in total. The lowest BCUT2D eigenvalue weighted by Crippen LogP contribution is -2.22. The summed E-state index contributed by atoms with van der Waals surface area (Å²) in [5.74, 6) is -0.134. The molecule has 0 fully saturated rings. The molecular formula is C16H16ClN5O3S2. The Balaban J connectivity index is 1.75. The summed E-state index contributed by atoms with van der Waals surface area (Å²) < 4.78 is 27.3. The number of pyridine rings is 1. The van der Waals surface area contributed by atoms with E-state index in [-0.39, 0.29) is 16.6 Å². The van der Waals surface area contributed by atoms with Crippen molar-refractivity contribution in [3.05, 3.63) is 47.6 Å². The molecule has 0 saturated carbocycles. The molecule has 0 saturated heterocycles. The summed E-state index contributed by atoms with van der Waals surface area (Å²) in [6.07, 6.45) is 1.45. The van der Waals surface area contributed by atoms with Gasteiger partial charge in [-0.1, -0.05) is 23.4 Å². The normalized spacial score (nSPS) is 11.9. The molecule has 0 radical (unpaired) electrons. The standard InChI is InChI=1S/C16H16ClN5O3S2/c1-21(2)27(24,25)13-7-8-14-19-20-16(22(14)9-13)26-10-15(23)18-12-5-3-11(17)4-6-12/h3-9H,10H2,1-2H3,(H,18,23). The maximum atomic E-state index is 12.3. The highest BCUT2D eigenvalue weighted by Crippen LogP contribution is 2.21. The first-order valence-corrected chi connectivity index (χ1v) is 10.5. The van der Waals surface area contributed by atoms with Crippen LogP contribution >= 0.6 is 23.4 Å². The summed E-state index contributed by atoms with van der Waals surface area (Å²) in [6.45, 7) is 0. The number of rotatable bonds is 6. The number of hydrogen-bond donors (Lipinski definition) is 1. The van der Waals surface area contributed by atoms with Crippen LogP contribution in [0.2, 0.25) is 5.02 Å². The van der Waals surface area contributed by atoms with Gasteiger partial charge in [-0.3, -0.25) is 9.20 Å². The van der Waals surface area contributed by atoms with Crippen LogP contribution < -0.4 is 5.32 Å². The van der Waals surface area contributed by atoms with Crippen LogP contribution in [0.15, 0.2) is 52.6 Å². The molecule has 8 nitrogen and oxygen atoms in total. The van der Waals surface area contributed by atoms with E-state index in [0.29, 0.717) is 21.5 Å². The van der Waals surface area contributed by atoms with Crippen molar-refractivity contribution >= 4 is 50.6 Å². The first-order valence-electron chi connectivity index (χ1n) is 7.73. The Morgan fingerprint density at radius 1 is 1.19 bits per heavy atom. The van der Waals surface area contributed by atoms with E-state index in [4.69, 9.17) is 11.6 Å². The number of anilines is 1. The summed E-state index contributed by atoms with van der Waals surface area (Å²) in [5.41, 5.74) is 1.13. The molecule has 1 amide bonds. The molecule has 0 spiro atoms. The van der Waals surface area contributed by atoms with Crippen LogP contribution in [0.3, 0.4) is 0 Å². The second-order valence-corrected chi connectivity index (χ2v) is 9.24. The predicted octanol–water partition coefficient (Wildman–Crippen LogP) is 2.36. The number of thioether (sulfide) groups is 1. The molecular weight excluding hydrogens is 410 g/mol.